The number of amides is 5. The number of piperidine rings is 2. The number of para-hydroxylation sites is 1. The molecule has 4 heterocycles. The fraction of sp³-hybridized carbons (Fsp3) is 0.590. The van der Waals surface area contributed by atoms with Crippen LogP contribution in [0.2, 0.25) is 0 Å². The largest absolute Gasteiger partial charge is 0.444 e. The van der Waals surface area contributed by atoms with Gasteiger partial charge in [-0.2, -0.15) is 0 Å². The maximum atomic E-state index is 14.1. The van der Waals surface area contributed by atoms with Crippen LogP contribution in [0.5, 0.6) is 0 Å². The van der Waals surface area contributed by atoms with Crippen molar-refractivity contribution < 1.29 is 28.7 Å². The molecule has 0 radical (unpaired) electrons. The van der Waals surface area contributed by atoms with E-state index in [1.165, 1.54) is 0 Å². The lowest BCUT2D eigenvalue weighted by Gasteiger charge is -2.43. The highest BCUT2D eigenvalue weighted by molar-refractivity contribution is 9.10. The highest BCUT2D eigenvalue weighted by Gasteiger charge is 2.37. The first kappa shape index (κ1) is 37.9. The van der Waals surface area contributed by atoms with Crippen molar-refractivity contribution in [2.24, 2.45) is 0 Å². The van der Waals surface area contributed by atoms with Crippen molar-refractivity contribution in [1.29, 1.82) is 0 Å². The van der Waals surface area contributed by atoms with Gasteiger partial charge in [-0.15, -0.1) is 0 Å². The number of anilines is 1. The topological polar surface area (TPSA) is 115 Å². The second kappa shape index (κ2) is 16.4. The van der Waals surface area contributed by atoms with Crippen LogP contribution in [0.25, 0.3) is 0 Å². The number of hydrogen-bond acceptors (Lipinski definition) is 7. The minimum absolute atomic E-state index is 0.0153. The zero-order valence-electron chi connectivity index (χ0n) is 30.9. The summed E-state index contributed by atoms with van der Waals surface area (Å²) in [5.41, 5.74) is 3.45. The summed E-state index contributed by atoms with van der Waals surface area (Å²) in [4.78, 5) is 63.0. The maximum Gasteiger partial charge on any atom is 0.410 e. The Hall–Kier alpha value is -3.84. The molecule has 4 aliphatic rings. The highest BCUT2D eigenvalue weighted by atomic mass is 79.9. The van der Waals surface area contributed by atoms with Crippen LogP contribution in [-0.2, 0) is 27.1 Å². The number of aryl methyl sites for hydroxylation is 1. The highest BCUT2D eigenvalue weighted by Crippen LogP contribution is 2.26. The number of urea groups is 1. The Morgan fingerprint density at radius 3 is 2.12 bits per heavy atom. The fourth-order valence-electron chi connectivity index (χ4n) is 7.70. The molecular weight excluding hydrogens is 728 g/mol. The molecule has 6 rings (SSSR count). The van der Waals surface area contributed by atoms with Gasteiger partial charge in [0.25, 0.3) is 5.91 Å². The average molecular weight is 782 g/mol. The van der Waals surface area contributed by atoms with E-state index >= 15 is 0 Å². The van der Waals surface area contributed by atoms with Crippen molar-refractivity contribution >= 4 is 45.7 Å². The number of hydrogen-bond donors (Lipinski definition) is 1. The van der Waals surface area contributed by atoms with Crippen molar-refractivity contribution in [3.8, 4) is 0 Å². The predicted octanol–water partition coefficient (Wildman–Crippen LogP) is 5.90. The van der Waals surface area contributed by atoms with Crippen LogP contribution in [-0.4, -0.2) is 131 Å². The van der Waals surface area contributed by atoms with E-state index < -0.39 is 17.8 Å². The Morgan fingerprint density at radius 1 is 0.827 bits per heavy atom. The maximum absolute atomic E-state index is 14.1. The van der Waals surface area contributed by atoms with E-state index in [1.54, 1.807) is 9.80 Å². The van der Waals surface area contributed by atoms with E-state index in [9.17, 15) is 19.2 Å². The zero-order chi connectivity index (χ0) is 37.0. The molecule has 0 bridgehead atoms. The lowest BCUT2D eigenvalue weighted by Crippen LogP contribution is -2.57. The molecule has 282 valence electrons. The van der Waals surface area contributed by atoms with Gasteiger partial charge in [0.15, 0.2) is 6.10 Å². The minimum Gasteiger partial charge on any atom is -0.444 e. The quantitative estimate of drug-likeness (QED) is 0.388. The van der Waals surface area contributed by atoms with Gasteiger partial charge in [-0.3, -0.25) is 9.69 Å². The van der Waals surface area contributed by atoms with Gasteiger partial charge in [-0.1, -0.05) is 46.3 Å². The Labute approximate surface area is 315 Å². The van der Waals surface area contributed by atoms with Crippen LogP contribution in [0.1, 0.15) is 63.1 Å². The number of carbonyl (C=O) groups excluding carboxylic acids is 4. The lowest BCUT2D eigenvalue weighted by molar-refractivity contribution is -0.143. The number of carbonyl (C=O) groups is 4. The van der Waals surface area contributed by atoms with Crippen molar-refractivity contribution in [3.05, 3.63) is 63.6 Å². The first-order chi connectivity index (χ1) is 24.8. The van der Waals surface area contributed by atoms with Crippen molar-refractivity contribution in [2.45, 2.75) is 90.0 Å². The molecule has 2 aromatic rings. The van der Waals surface area contributed by atoms with Gasteiger partial charge < -0.3 is 34.4 Å². The van der Waals surface area contributed by atoms with Gasteiger partial charge in [-0.25, -0.2) is 14.4 Å². The van der Waals surface area contributed by atoms with Gasteiger partial charge in [-0.05, 0) is 88.6 Å². The Balaban J connectivity index is 1.03. The fourth-order valence-corrected chi connectivity index (χ4v) is 8.13. The van der Waals surface area contributed by atoms with Gasteiger partial charge in [0.05, 0.1) is 0 Å². The molecular formula is C39H53BrN6O6. The van der Waals surface area contributed by atoms with Crippen LogP contribution < -0.4 is 5.32 Å². The van der Waals surface area contributed by atoms with Crippen LogP contribution in [0.3, 0.4) is 0 Å². The molecule has 1 atom stereocenters. The summed E-state index contributed by atoms with van der Waals surface area (Å²) in [5, 5.41) is 3.05. The van der Waals surface area contributed by atoms with Gasteiger partial charge in [0.1, 0.15) is 5.60 Å². The number of halogens is 1. The van der Waals surface area contributed by atoms with E-state index in [-0.39, 0.29) is 30.5 Å². The number of piperazine rings is 1. The van der Waals surface area contributed by atoms with Gasteiger partial charge >= 0.3 is 18.2 Å². The van der Waals surface area contributed by atoms with Gasteiger partial charge in [0, 0.05) is 87.6 Å². The molecule has 0 spiro atoms. The molecule has 0 saturated carbocycles. The van der Waals surface area contributed by atoms with E-state index in [4.69, 9.17) is 9.47 Å². The van der Waals surface area contributed by atoms with E-state index in [2.05, 4.69) is 26.1 Å². The summed E-state index contributed by atoms with van der Waals surface area (Å²) in [6, 6.07) is 14.1. The predicted molar refractivity (Wildman–Crippen MR) is 202 cm³/mol. The van der Waals surface area contributed by atoms with E-state index in [0.29, 0.717) is 64.7 Å². The minimum atomic E-state index is -0.960. The molecule has 52 heavy (non-hydrogen) atoms. The number of fused-ring (bicyclic) bond motifs is 1. The number of nitrogens with one attached hydrogen (secondary N) is 1. The Kier molecular flexibility index (Phi) is 12.0. The van der Waals surface area contributed by atoms with Crippen molar-refractivity contribution in [1.82, 2.24) is 24.5 Å². The normalized spacial score (nSPS) is 20.1. The summed E-state index contributed by atoms with van der Waals surface area (Å²) >= 11 is 3.61. The van der Waals surface area contributed by atoms with Crippen molar-refractivity contribution in [3.63, 3.8) is 0 Å². The lowest BCUT2D eigenvalue weighted by atomic mass is 10.0. The van der Waals surface area contributed by atoms with Crippen LogP contribution >= 0.6 is 15.9 Å². The SMILES string of the molecule is Cc1ccc(CC(OC(=O)N2CCC(N3CCc4ccccc4NC3=O)CC2)C(=O)N2CCN(C3CCN(C(=O)OC(C)(C)C)CC3)CC2)cc1Br. The third kappa shape index (κ3) is 9.38. The summed E-state index contributed by atoms with van der Waals surface area (Å²) in [7, 11) is 0. The molecule has 3 fully saturated rings. The average Bonchev–Trinajstić information content (AvgIpc) is 3.30. The molecule has 13 heteroatoms. The van der Waals surface area contributed by atoms with E-state index in [0.717, 1.165) is 59.2 Å². The molecule has 0 aromatic heterocycles. The van der Waals surface area contributed by atoms with Gasteiger partial charge in [0.2, 0.25) is 0 Å². The first-order valence-electron chi connectivity index (χ1n) is 18.7. The molecule has 1 unspecified atom stereocenters. The zero-order valence-corrected chi connectivity index (χ0v) is 32.5. The third-order valence-electron chi connectivity index (χ3n) is 10.7. The number of likely N-dealkylation sites (tertiary alicyclic amines) is 2. The Morgan fingerprint density at radius 2 is 1.46 bits per heavy atom. The number of rotatable bonds is 6. The van der Waals surface area contributed by atoms with Crippen LogP contribution in [0.4, 0.5) is 20.1 Å². The second-order valence-electron chi connectivity index (χ2n) is 15.5. The molecule has 0 aliphatic carbocycles. The molecule has 5 amide bonds. The monoisotopic (exact) mass is 780 g/mol. The molecule has 4 aliphatic heterocycles. The number of benzene rings is 2. The first-order valence-corrected chi connectivity index (χ1v) is 19.5. The van der Waals surface area contributed by atoms with E-state index in [1.807, 2.05) is 80.0 Å². The smallest absolute Gasteiger partial charge is 0.410 e. The summed E-state index contributed by atoms with van der Waals surface area (Å²) in [5.74, 6) is -0.180. The molecule has 1 N–H and O–H groups in total. The van der Waals surface area contributed by atoms with Crippen molar-refractivity contribution in [2.75, 3.05) is 64.2 Å². The Bertz CT molecular complexity index is 1610. The molecule has 12 nitrogen and oxygen atoms in total. The number of nitrogens with zero attached hydrogens (tertiary/aromatic N) is 5. The summed E-state index contributed by atoms with van der Waals surface area (Å²) in [6.07, 6.45) is 2.34. The summed E-state index contributed by atoms with van der Waals surface area (Å²) in [6.45, 7) is 13.0. The summed E-state index contributed by atoms with van der Waals surface area (Å²) < 4.78 is 12.6. The number of ether oxygens (including phenoxy) is 2. The standard InChI is InChI=1S/C39H53BrN6O6/c1-27-9-10-28(25-32(27)40)26-34(35(47)43-23-21-42(22-24-43)30-12-16-45(17-13-30)38(50)52-39(2,3)4)51-37(49)44-18-14-31(15-19-44)46-20-11-29-7-5-6-8-33(29)41-36(46)48/h5-10,25,30-31,34H,11-24,26H2,1-4H3,(H,41,48). The van der Waals surface area contributed by atoms with Crippen LogP contribution in [0.15, 0.2) is 46.9 Å². The second-order valence-corrected chi connectivity index (χ2v) is 16.3. The third-order valence-corrected chi connectivity index (χ3v) is 11.6. The molecule has 3 saturated heterocycles. The molecule has 2 aromatic carbocycles. The van der Waals surface area contributed by atoms with Crippen LogP contribution in [0, 0.1) is 6.92 Å².